The maximum Gasteiger partial charge on any atom is 0.213 e. The molecule has 0 saturated heterocycles. The van der Waals surface area contributed by atoms with Gasteiger partial charge in [-0.15, -0.1) is 0 Å². The van der Waals surface area contributed by atoms with Gasteiger partial charge in [0.05, 0.1) is 6.61 Å². The Labute approximate surface area is 133 Å². The van der Waals surface area contributed by atoms with E-state index in [1.54, 1.807) is 6.20 Å². The fourth-order valence-electron chi connectivity index (χ4n) is 1.87. The number of rotatable bonds is 8. The predicted octanol–water partition coefficient (Wildman–Crippen LogP) is 3.41. The number of nitrogens with one attached hydrogen (secondary N) is 1. The highest BCUT2D eigenvalue weighted by atomic mass is 79.9. The highest BCUT2D eigenvalue weighted by Crippen LogP contribution is 2.23. The van der Waals surface area contributed by atoms with Crippen LogP contribution < -0.4 is 14.8 Å². The van der Waals surface area contributed by atoms with Gasteiger partial charge in [0, 0.05) is 35.4 Å². The minimum absolute atomic E-state index is 0.578. The van der Waals surface area contributed by atoms with Crippen LogP contribution in [0.2, 0.25) is 0 Å². The topological polar surface area (TPSA) is 43.4 Å². The lowest BCUT2D eigenvalue weighted by Crippen LogP contribution is -2.21. The lowest BCUT2D eigenvalue weighted by molar-refractivity contribution is 0.300. The van der Waals surface area contributed by atoms with E-state index in [1.165, 1.54) is 0 Å². The van der Waals surface area contributed by atoms with Gasteiger partial charge in [-0.2, -0.15) is 0 Å². The molecule has 0 fully saturated rings. The standard InChI is InChI=1S/C16H19BrN2O2/c1-2-20-15-7-6-14(17)11-13(15)12-18-9-10-21-16-5-3-4-8-19-16/h3-8,11,18H,2,9-10,12H2,1H3. The summed E-state index contributed by atoms with van der Waals surface area (Å²) in [4.78, 5) is 4.11. The van der Waals surface area contributed by atoms with Crippen molar-refractivity contribution in [1.82, 2.24) is 10.3 Å². The summed E-state index contributed by atoms with van der Waals surface area (Å²) in [6.45, 7) is 4.71. The third-order valence-corrected chi connectivity index (χ3v) is 3.30. The van der Waals surface area contributed by atoms with Gasteiger partial charge in [-0.3, -0.25) is 0 Å². The van der Waals surface area contributed by atoms with E-state index >= 15 is 0 Å². The Bertz CT molecular complexity index is 549. The Hall–Kier alpha value is -1.59. The molecule has 0 aliphatic rings. The van der Waals surface area contributed by atoms with Gasteiger partial charge in [0.2, 0.25) is 5.88 Å². The van der Waals surface area contributed by atoms with Gasteiger partial charge >= 0.3 is 0 Å². The number of halogens is 1. The molecule has 5 heteroatoms. The summed E-state index contributed by atoms with van der Waals surface area (Å²) in [6, 6.07) is 11.7. The summed E-state index contributed by atoms with van der Waals surface area (Å²) in [5, 5.41) is 3.34. The van der Waals surface area contributed by atoms with Crippen LogP contribution in [0.25, 0.3) is 0 Å². The van der Waals surface area contributed by atoms with Crippen LogP contribution >= 0.6 is 15.9 Å². The van der Waals surface area contributed by atoms with E-state index in [1.807, 2.05) is 37.3 Å². The number of ether oxygens (including phenoxy) is 2. The monoisotopic (exact) mass is 350 g/mol. The molecule has 0 aliphatic heterocycles. The summed E-state index contributed by atoms with van der Waals surface area (Å²) in [7, 11) is 0. The molecule has 1 aromatic heterocycles. The van der Waals surface area contributed by atoms with Gasteiger partial charge < -0.3 is 14.8 Å². The van der Waals surface area contributed by atoms with E-state index in [4.69, 9.17) is 9.47 Å². The minimum Gasteiger partial charge on any atom is -0.494 e. The number of hydrogen-bond acceptors (Lipinski definition) is 4. The number of aromatic nitrogens is 1. The average Bonchev–Trinajstić information content (AvgIpc) is 2.51. The van der Waals surface area contributed by atoms with Crippen molar-refractivity contribution in [1.29, 1.82) is 0 Å². The molecule has 0 unspecified atom stereocenters. The van der Waals surface area contributed by atoms with E-state index in [2.05, 4.69) is 32.3 Å². The van der Waals surface area contributed by atoms with E-state index in [0.29, 0.717) is 19.1 Å². The van der Waals surface area contributed by atoms with Crippen molar-refractivity contribution in [2.24, 2.45) is 0 Å². The molecular formula is C16H19BrN2O2. The zero-order chi connectivity index (χ0) is 14.9. The van der Waals surface area contributed by atoms with E-state index in [-0.39, 0.29) is 0 Å². The fourth-order valence-corrected chi connectivity index (χ4v) is 2.27. The van der Waals surface area contributed by atoms with Crippen LogP contribution in [0.5, 0.6) is 11.6 Å². The summed E-state index contributed by atoms with van der Waals surface area (Å²) in [5.41, 5.74) is 1.13. The lowest BCUT2D eigenvalue weighted by atomic mass is 10.2. The molecule has 0 spiro atoms. The number of benzene rings is 1. The zero-order valence-electron chi connectivity index (χ0n) is 12.0. The first kappa shape index (κ1) is 15.8. The molecule has 21 heavy (non-hydrogen) atoms. The smallest absolute Gasteiger partial charge is 0.213 e. The van der Waals surface area contributed by atoms with Gasteiger partial charge in [-0.1, -0.05) is 22.0 Å². The molecule has 2 rings (SSSR count). The molecule has 0 bridgehead atoms. The van der Waals surface area contributed by atoms with Crippen molar-refractivity contribution >= 4 is 15.9 Å². The summed E-state index contributed by atoms with van der Waals surface area (Å²) < 4.78 is 12.2. The number of nitrogens with zero attached hydrogens (tertiary/aromatic N) is 1. The van der Waals surface area contributed by atoms with Crippen LogP contribution in [-0.2, 0) is 6.54 Å². The first-order chi connectivity index (χ1) is 10.3. The largest absolute Gasteiger partial charge is 0.494 e. The number of pyridine rings is 1. The van der Waals surface area contributed by atoms with Crippen molar-refractivity contribution in [3.63, 3.8) is 0 Å². The van der Waals surface area contributed by atoms with Crippen LogP contribution in [0.1, 0.15) is 12.5 Å². The Morgan fingerprint density at radius 1 is 1.19 bits per heavy atom. The Morgan fingerprint density at radius 2 is 2.10 bits per heavy atom. The van der Waals surface area contributed by atoms with Gasteiger partial charge in [0.15, 0.2) is 0 Å². The SMILES string of the molecule is CCOc1ccc(Br)cc1CNCCOc1ccccn1. The first-order valence-corrected chi connectivity index (χ1v) is 7.74. The zero-order valence-corrected chi connectivity index (χ0v) is 13.6. The predicted molar refractivity (Wildman–Crippen MR) is 86.7 cm³/mol. The van der Waals surface area contributed by atoms with E-state index in [0.717, 1.165) is 28.9 Å². The van der Waals surface area contributed by atoms with Crippen LogP contribution in [0, 0.1) is 0 Å². The highest BCUT2D eigenvalue weighted by Gasteiger charge is 2.04. The van der Waals surface area contributed by atoms with Gasteiger partial charge in [0.1, 0.15) is 12.4 Å². The van der Waals surface area contributed by atoms with Gasteiger partial charge in [-0.25, -0.2) is 4.98 Å². The second-order valence-electron chi connectivity index (χ2n) is 4.38. The van der Waals surface area contributed by atoms with Crippen molar-refractivity contribution in [3.05, 3.63) is 52.6 Å². The van der Waals surface area contributed by atoms with E-state index in [9.17, 15) is 0 Å². The van der Waals surface area contributed by atoms with Crippen LogP contribution in [0.4, 0.5) is 0 Å². The quantitative estimate of drug-likeness (QED) is 0.741. The van der Waals surface area contributed by atoms with Gasteiger partial charge in [-0.05, 0) is 31.2 Å². The molecule has 4 nitrogen and oxygen atoms in total. The third kappa shape index (κ3) is 5.36. The molecule has 1 heterocycles. The Kier molecular flexibility index (Phi) is 6.50. The van der Waals surface area contributed by atoms with Crippen molar-refractivity contribution in [2.75, 3.05) is 19.8 Å². The van der Waals surface area contributed by atoms with Crippen LogP contribution in [-0.4, -0.2) is 24.7 Å². The Morgan fingerprint density at radius 3 is 2.86 bits per heavy atom. The molecule has 0 radical (unpaired) electrons. The molecule has 1 N–H and O–H groups in total. The van der Waals surface area contributed by atoms with E-state index < -0.39 is 0 Å². The van der Waals surface area contributed by atoms with Crippen molar-refractivity contribution < 1.29 is 9.47 Å². The Balaban J connectivity index is 1.76. The summed E-state index contributed by atoms with van der Waals surface area (Å²) in [5.74, 6) is 1.57. The molecule has 1 aromatic carbocycles. The lowest BCUT2D eigenvalue weighted by Gasteiger charge is -2.12. The minimum atomic E-state index is 0.578. The highest BCUT2D eigenvalue weighted by molar-refractivity contribution is 9.10. The second-order valence-corrected chi connectivity index (χ2v) is 5.29. The molecule has 0 atom stereocenters. The fraction of sp³-hybridized carbons (Fsp3) is 0.312. The first-order valence-electron chi connectivity index (χ1n) is 6.95. The van der Waals surface area contributed by atoms with Crippen LogP contribution in [0.15, 0.2) is 47.1 Å². The molecule has 112 valence electrons. The normalized spacial score (nSPS) is 10.4. The summed E-state index contributed by atoms with van der Waals surface area (Å²) in [6.07, 6.45) is 1.72. The maximum atomic E-state index is 5.62. The summed E-state index contributed by atoms with van der Waals surface area (Å²) >= 11 is 3.48. The van der Waals surface area contributed by atoms with Crippen molar-refractivity contribution in [3.8, 4) is 11.6 Å². The molecule has 0 aliphatic carbocycles. The molecule has 0 saturated carbocycles. The molecular weight excluding hydrogens is 332 g/mol. The maximum absolute atomic E-state index is 5.62. The average molecular weight is 351 g/mol. The third-order valence-electron chi connectivity index (χ3n) is 2.80. The van der Waals surface area contributed by atoms with Crippen LogP contribution in [0.3, 0.4) is 0 Å². The molecule has 2 aromatic rings. The van der Waals surface area contributed by atoms with Gasteiger partial charge in [0.25, 0.3) is 0 Å². The molecule has 0 amide bonds. The van der Waals surface area contributed by atoms with Crippen molar-refractivity contribution in [2.45, 2.75) is 13.5 Å². The second kappa shape index (κ2) is 8.64. The number of hydrogen-bond donors (Lipinski definition) is 1.